The Balaban J connectivity index is 1.94. The lowest BCUT2D eigenvalue weighted by Crippen LogP contribution is -2.42. The number of piperidine rings is 1. The monoisotopic (exact) mass is 284 g/mol. The Labute approximate surface area is 115 Å². The van der Waals surface area contributed by atoms with E-state index in [-0.39, 0.29) is 17.7 Å². The summed E-state index contributed by atoms with van der Waals surface area (Å²) >= 11 is 1.21. The van der Waals surface area contributed by atoms with Crippen molar-refractivity contribution in [3.8, 4) is 0 Å². The van der Waals surface area contributed by atoms with E-state index in [1.54, 1.807) is 17.4 Å². The van der Waals surface area contributed by atoms with Crippen LogP contribution in [-0.4, -0.2) is 48.3 Å². The summed E-state index contributed by atoms with van der Waals surface area (Å²) in [6.07, 6.45) is 1.82. The molecule has 0 aromatic carbocycles. The van der Waals surface area contributed by atoms with E-state index >= 15 is 0 Å². The van der Waals surface area contributed by atoms with Gasteiger partial charge in [0.05, 0.1) is 11.7 Å². The second-order valence-electron chi connectivity index (χ2n) is 4.32. The van der Waals surface area contributed by atoms with Crippen LogP contribution in [0.2, 0.25) is 0 Å². The third kappa shape index (κ3) is 3.24. The summed E-state index contributed by atoms with van der Waals surface area (Å²) in [6, 6.07) is 1.24. The zero-order valence-corrected chi connectivity index (χ0v) is 11.4. The average molecular weight is 284 g/mol. The Morgan fingerprint density at radius 2 is 2.16 bits per heavy atom. The predicted octanol–water partition coefficient (Wildman–Crippen LogP) is 2.09. The van der Waals surface area contributed by atoms with Crippen LogP contribution in [0.15, 0.2) is 11.4 Å². The number of amides is 2. The molecular weight excluding hydrogens is 268 g/mol. The van der Waals surface area contributed by atoms with Gasteiger partial charge in [-0.1, -0.05) is 0 Å². The minimum atomic E-state index is -1.03. The molecule has 2 rings (SSSR count). The Morgan fingerprint density at radius 1 is 1.47 bits per heavy atom. The van der Waals surface area contributed by atoms with E-state index in [1.165, 1.54) is 17.4 Å². The first-order valence-electron chi connectivity index (χ1n) is 6.01. The van der Waals surface area contributed by atoms with E-state index in [1.807, 2.05) is 0 Å². The number of carboxylic acids is 1. The maximum Gasteiger partial charge on any atom is 0.338 e. The van der Waals surface area contributed by atoms with Gasteiger partial charge in [0.25, 0.3) is 0 Å². The Kier molecular flexibility index (Phi) is 4.39. The van der Waals surface area contributed by atoms with Gasteiger partial charge in [-0.3, -0.25) is 5.32 Å². The molecule has 0 bridgehead atoms. The molecule has 1 aliphatic heterocycles. The van der Waals surface area contributed by atoms with Crippen LogP contribution in [0.25, 0.3) is 0 Å². The standard InChI is InChI=1S/C12H16N2O4S/c1-18-8-2-5-14(6-3-8)12(17)13-10-9(11(15)16)4-7-19-10/h4,7-8H,2-3,5-6H2,1H3,(H,13,17)(H,15,16). The minimum Gasteiger partial charge on any atom is -0.478 e. The molecule has 1 aromatic heterocycles. The number of nitrogens with zero attached hydrogens (tertiary/aromatic N) is 1. The van der Waals surface area contributed by atoms with E-state index in [9.17, 15) is 9.59 Å². The number of hydrogen-bond acceptors (Lipinski definition) is 4. The van der Waals surface area contributed by atoms with E-state index in [4.69, 9.17) is 9.84 Å². The van der Waals surface area contributed by atoms with Gasteiger partial charge in [0.2, 0.25) is 0 Å². The number of rotatable bonds is 3. The zero-order chi connectivity index (χ0) is 13.8. The topological polar surface area (TPSA) is 78.9 Å². The van der Waals surface area contributed by atoms with Gasteiger partial charge in [0.15, 0.2) is 0 Å². The highest BCUT2D eigenvalue weighted by Crippen LogP contribution is 2.24. The highest BCUT2D eigenvalue weighted by molar-refractivity contribution is 7.14. The van der Waals surface area contributed by atoms with Crippen molar-refractivity contribution in [2.75, 3.05) is 25.5 Å². The first kappa shape index (κ1) is 13.8. The molecule has 1 saturated heterocycles. The number of thiophene rings is 1. The molecule has 0 radical (unpaired) electrons. The molecule has 104 valence electrons. The first-order chi connectivity index (χ1) is 9.11. The molecule has 0 unspecified atom stereocenters. The number of aromatic carboxylic acids is 1. The van der Waals surface area contributed by atoms with Gasteiger partial charge in [-0.05, 0) is 24.3 Å². The summed E-state index contributed by atoms with van der Waals surface area (Å²) in [4.78, 5) is 24.7. The number of likely N-dealkylation sites (tertiary alicyclic amines) is 1. The van der Waals surface area contributed by atoms with Gasteiger partial charge in [0.1, 0.15) is 5.00 Å². The number of carboxylic acid groups (broad SMARTS) is 1. The van der Waals surface area contributed by atoms with Gasteiger partial charge in [0, 0.05) is 20.2 Å². The van der Waals surface area contributed by atoms with Crippen LogP contribution < -0.4 is 5.32 Å². The summed E-state index contributed by atoms with van der Waals surface area (Å²) in [6.45, 7) is 1.25. The number of ether oxygens (including phenoxy) is 1. The third-order valence-corrected chi connectivity index (χ3v) is 4.01. The van der Waals surface area contributed by atoms with Crippen LogP contribution in [0.4, 0.5) is 9.80 Å². The summed E-state index contributed by atoms with van der Waals surface area (Å²) < 4.78 is 5.24. The van der Waals surface area contributed by atoms with Crippen molar-refractivity contribution in [3.05, 3.63) is 17.0 Å². The second kappa shape index (κ2) is 6.03. The van der Waals surface area contributed by atoms with Crippen LogP contribution >= 0.6 is 11.3 Å². The smallest absolute Gasteiger partial charge is 0.338 e. The molecule has 7 heteroatoms. The van der Waals surface area contributed by atoms with E-state index in [0.717, 1.165) is 12.8 Å². The normalized spacial score (nSPS) is 16.4. The van der Waals surface area contributed by atoms with Crippen molar-refractivity contribution in [2.45, 2.75) is 18.9 Å². The van der Waals surface area contributed by atoms with Gasteiger partial charge >= 0.3 is 12.0 Å². The largest absolute Gasteiger partial charge is 0.478 e. The maximum atomic E-state index is 12.0. The van der Waals surface area contributed by atoms with Crippen LogP contribution in [-0.2, 0) is 4.74 Å². The van der Waals surface area contributed by atoms with E-state index < -0.39 is 5.97 Å². The molecule has 0 aliphatic carbocycles. The molecule has 0 atom stereocenters. The van der Waals surface area contributed by atoms with Crippen molar-refractivity contribution >= 4 is 28.3 Å². The minimum absolute atomic E-state index is 0.130. The molecule has 2 N–H and O–H groups in total. The number of anilines is 1. The predicted molar refractivity (Wildman–Crippen MR) is 71.9 cm³/mol. The van der Waals surface area contributed by atoms with Crippen molar-refractivity contribution < 1.29 is 19.4 Å². The Hall–Kier alpha value is -1.60. The van der Waals surface area contributed by atoms with Gasteiger partial charge in [-0.25, -0.2) is 9.59 Å². The molecule has 0 spiro atoms. The highest BCUT2D eigenvalue weighted by Gasteiger charge is 2.23. The number of hydrogen-bond donors (Lipinski definition) is 2. The fraction of sp³-hybridized carbons (Fsp3) is 0.500. The lowest BCUT2D eigenvalue weighted by molar-refractivity contribution is 0.0521. The van der Waals surface area contributed by atoms with Crippen molar-refractivity contribution in [2.24, 2.45) is 0 Å². The fourth-order valence-electron chi connectivity index (χ4n) is 2.05. The number of methoxy groups -OCH3 is 1. The first-order valence-corrected chi connectivity index (χ1v) is 6.89. The molecule has 2 amide bonds. The number of carbonyl (C=O) groups is 2. The summed E-state index contributed by atoms with van der Waals surface area (Å²) in [7, 11) is 1.67. The van der Waals surface area contributed by atoms with Gasteiger partial charge in [-0.2, -0.15) is 0 Å². The van der Waals surface area contributed by atoms with Gasteiger partial charge < -0.3 is 14.7 Å². The molecule has 0 saturated carbocycles. The number of carbonyl (C=O) groups excluding carboxylic acids is 1. The summed E-state index contributed by atoms with van der Waals surface area (Å²) in [5, 5.41) is 13.7. The molecule has 1 aliphatic rings. The molecular formula is C12H16N2O4S. The van der Waals surface area contributed by atoms with Crippen molar-refractivity contribution in [3.63, 3.8) is 0 Å². The molecule has 1 aromatic rings. The van der Waals surface area contributed by atoms with Crippen molar-refractivity contribution in [1.29, 1.82) is 0 Å². The van der Waals surface area contributed by atoms with Crippen LogP contribution in [0.5, 0.6) is 0 Å². The lowest BCUT2D eigenvalue weighted by atomic mass is 10.1. The molecule has 1 fully saturated rings. The SMILES string of the molecule is COC1CCN(C(=O)Nc2sccc2C(=O)O)CC1. The third-order valence-electron chi connectivity index (χ3n) is 3.18. The van der Waals surface area contributed by atoms with Crippen LogP contribution in [0.1, 0.15) is 23.2 Å². The summed E-state index contributed by atoms with van der Waals surface area (Å²) in [5.41, 5.74) is 0.130. The van der Waals surface area contributed by atoms with E-state index in [2.05, 4.69) is 5.32 Å². The molecule has 19 heavy (non-hydrogen) atoms. The zero-order valence-electron chi connectivity index (χ0n) is 10.6. The number of urea groups is 1. The molecule has 6 nitrogen and oxygen atoms in total. The number of nitrogens with one attached hydrogen (secondary N) is 1. The fourth-order valence-corrected chi connectivity index (χ4v) is 2.81. The summed E-state index contributed by atoms with van der Waals surface area (Å²) in [5.74, 6) is -1.03. The highest BCUT2D eigenvalue weighted by atomic mass is 32.1. The van der Waals surface area contributed by atoms with Crippen molar-refractivity contribution in [1.82, 2.24) is 4.90 Å². The maximum absolute atomic E-state index is 12.0. The lowest BCUT2D eigenvalue weighted by Gasteiger charge is -2.31. The quantitative estimate of drug-likeness (QED) is 0.890. The molecule has 2 heterocycles. The van der Waals surface area contributed by atoms with Crippen LogP contribution in [0, 0.1) is 0 Å². The van der Waals surface area contributed by atoms with Crippen LogP contribution in [0.3, 0.4) is 0 Å². The van der Waals surface area contributed by atoms with E-state index in [0.29, 0.717) is 18.1 Å². The average Bonchev–Trinajstić information content (AvgIpc) is 2.87. The Bertz CT molecular complexity index is 466. The van der Waals surface area contributed by atoms with Gasteiger partial charge in [-0.15, -0.1) is 11.3 Å². The Morgan fingerprint density at radius 3 is 2.74 bits per heavy atom. The second-order valence-corrected chi connectivity index (χ2v) is 5.24.